The first-order chi connectivity index (χ1) is 16.3. The van der Waals surface area contributed by atoms with Crippen molar-refractivity contribution in [1.29, 1.82) is 5.26 Å². The zero-order valence-electron chi connectivity index (χ0n) is 19.4. The van der Waals surface area contributed by atoms with Gasteiger partial charge in [-0.05, 0) is 68.0 Å². The summed E-state index contributed by atoms with van der Waals surface area (Å²) in [5, 5.41) is 21.5. The molecule has 2 N–H and O–H groups in total. The van der Waals surface area contributed by atoms with Crippen LogP contribution in [0.3, 0.4) is 0 Å². The molecule has 3 rings (SSSR count). The molecule has 0 radical (unpaired) electrons. The summed E-state index contributed by atoms with van der Waals surface area (Å²) in [6.07, 6.45) is 1.55. The zero-order valence-corrected chi connectivity index (χ0v) is 19.4. The normalized spacial score (nSPS) is 11.0. The number of carboxylic acids is 1. The number of aromatic carboxylic acids is 1. The van der Waals surface area contributed by atoms with Crippen LogP contribution in [0, 0.1) is 25.2 Å². The Bertz CT molecular complexity index is 1300. The molecule has 0 aliphatic heterocycles. The minimum Gasteiger partial charge on any atom is -0.497 e. The maximum absolute atomic E-state index is 12.7. The van der Waals surface area contributed by atoms with Crippen molar-refractivity contribution in [3.63, 3.8) is 0 Å². The lowest BCUT2D eigenvalue weighted by Crippen LogP contribution is -2.24. The molecule has 0 saturated carbocycles. The fourth-order valence-electron chi connectivity index (χ4n) is 3.66. The van der Waals surface area contributed by atoms with Crippen molar-refractivity contribution in [2.24, 2.45) is 0 Å². The number of nitrogens with zero attached hydrogens (tertiary/aromatic N) is 2. The first-order valence-corrected chi connectivity index (χ1v) is 10.4. The highest BCUT2D eigenvalue weighted by molar-refractivity contribution is 6.01. The van der Waals surface area contributed by atoms with Gasteiger partial charge in [-0.25, -0.2) is 4.79 Å². The maximum Gasteiger partial charge on any atom is 0.335 e. The van der Waals surface area contributed by atoms with E-state index in [-0.39, 0.29) is 17.7 Å². The average molecular weight is 460 g/mol. The van der Waals surface area contributed by atoms with Crippen LogP contribution < -0.4 is 14.8 Å². The molecule has 8 heteroatoms. The van der Waals surface area contributed by atoms with Crippen LogP contribution in [0.2, 0.25) is 0 Å². The van der Waals surface area contributed by atoms with Crippen LogP contribution in [0.15, 0.2) is 54.1 Å². The lowest BCUT2D eigenvalue weighted by Gasteiger charge is -2.11. The second-order valence-corrected chi connectivity index (χ2v) is 7.54. The Morgan fingerprint density at radius 1 is 1.09 bits per heavy atom. The van der Waals surface area contributed by atoms with Gasteiger partial charge in [-0.15, -0.1) is 0 Å². The lowest BCUT2D eigenvalue weighted by molar-refractivity contribution is -0.117. The van der Waals surface area contributed by atoms with E-state index in [1.54, 1.807) is 43.5 Å². The highest BCUT2D eigenvalue weighted by Gasteiger charge is 2.15. The number of ether oxygens (including phenoxy) is 2. The number of nitrogens with one attached hydrogen (secondary N) is 1. The fraction of sp³-hybridized carbons (Fsp3) is 0.192. The zero-order chi connectivity index (χ0) is 24.8. The van der Waals surface area contributed by atoms with Crippen molar-refractivity contribution in [3.8, 4) is 23.3 Å². The maximum atomic E-state index is 12.7. The monoisotopic (exact) mass is 459 g/mol. The topological polar surface area (TPSA) is 114 Å². The summed E-state index contributed by atoms with van der Waals surface area (Å²) in [5.41, 5.74) is 4.11. The van der Waals surface area contributed by atoms with E-state index < -0.39 is 11.9 Å². The van der Waals surface area contributed by atoms with Gasteiger partial charge in [0, 0.05) is 35.2 Å². The predicted octanol–water partition coefficient (Wildman–Crippen LogP) is 4.03. The van der Waals surface area contributed by atoms with Gasteiger partial charge in [-0.2, -0.15) is 5.26 Å². The summed E-state index contributed by atoms with van der Waals surface area (Å²) >= 11 is 0. The molecule has 0 aliphatic rings. The van der Waals surface area contributed by atoms with Crippen molar-refractivity contribution in [2.45, 2.75) is 20.4 Å². The number of aryl methyl sites for hydroxylation is 1. The van der Waals surface area contributed by atoms with Crippen LogP contribution in [0.4, 0.5) is 0 Å². The van der Waals surface area contributed by atoms with Gasteiger partial charge in [0.1, 0.15) is 23.1 Å². The van der Waals surface area contributed by atoms with E-state index in [4.69, 9.17) is 14.6 Å². The average Bonchev–Trinajstić information content (AvgIpc) is 3.13. The molecule has 0 bridgehead atoms. The van der Waals surface area contributed by atoms with Crippen molar-refractivity contribution in [2.75, 3.05) is 14.2 Å². The third kappa shape index (κ3) is 5.10. The Balaban J connectivity index is 1.83. The fourth-order valence-corrected chi connectivity index (χ4v) is 3.66. The molecule has 34 heavy (non-hydrogen) atoms. The van der Waals surface area contributed by atoms with Gasteiger partial charge >= 0.3 is 5.97 Å². The minimum atomic E-state index is -0.993. The Labute approximate surface area is 197 Å². The number of benzene rings is 2. The van der Waals surface area contributed by atoms with E-state index in [2.05, 4.69) is 5.32 Å². The number of carbonyl (C=O) groups is 2. The highest BCUT2D eigenvalue weighted by atomic mass is 16.5. The van der Waals surface area contributed by atoms with Gasteiger partial charge in [-0.3, -0.25) is 4.79 Å². The van der Waals surface area contributed by atoms with Crippen LogP contribution in [-0.4, -0.2) is 35.8 Å². The summed E-state index contributed by atoms with van der Waals surface area (Å²) < 4.78 is 12.5. The Morgan fingerprint density at radius 2 is 1.79 bits per heavy atom. The Hall–Kier alpha value is -4.51. The molecule has 1 heterocycles. The van der Waals surface area contributed by atoms with Gasteiger partial charge in [0.15, 0.2) is 0 Å². The van der Waals surface area contributed by atoms with E-state index in [1.807, 2.05) is 30.6 Å². The number of hydrogen-bond donors (Lipinski definition) is 2. The number of carboxylic acid groups (broad SMARTS) is 1. The van der Waals surface area contributed by atoms with E-state index in [1.165, 1.54) is 19.2 Å². The SMILES string of the molecule is COc1ccc(CNC(=O)/C(C#N)=C/c2cc(C)n(-c3ccc(C(=O)O)cc3)c2C)c(OC)c1. The lowest BCUT2D eigenvalue weighted by atomic mass is 10.1. The third-order valence-electron chi connectivity index (χ3n) is 5.44. The highest BCUT2D eigenvalue weighted by Crippen LogP contribution is 2.25. The molecule has 0 fully saturated rings. The number of hydrogen-bond acceptors (Lipinski definition) is 5. The second kappa shape index (κ2) is 10.4. The number of aromatic nitrogens is 1. The quantitative estimate of drug-likeness (QED) is 0.388. The van der Waals surface area contributed by atoms with Crippen molar-refractivity contribution in [3.05, 3.63) is 82.2 Å². The van der Waals surface area contributed by atoms with Crippen LogP contribution in [-0.2, 0) is 11.3 Å². The first-order valence-electron chi connectivity index (χ1n) is 10.4. The van der Waals surface area contributed by atoms with E-state index >= 15 is 0 Å². The van der Waals surface area contributed by atoms with Gasteiger partial charge in [0.05, 0.1) is 19.8 Å². The van der Waals surface area contributed by atoms with Gasteiger partial charge in [-0.1, -0.05) is 0 Å². The summed E-state index contributed by atoms with van der Waals surface area (Å²) in [6.45, 7) is 3.95. The molecular weight excluding hydrogens is 434 g/mol. The first kappa shape index (κ1) is 24.1. The van der Waals surface area contributed by atoms with E-state index in [0.717, 1.165) is 22.6 Å². The molecular formula is C26H25N3O5. The van der Waals surface area contributed by atoms with E-state index in [9.17, 15) is 14.9 Å². The molecule has 174 valence electrons. The van der Waals surface area contributed by atoms with Crippen LogP contribution in [0.25, 0.3) is 11.8 Å². The molecule has 0 spiro atoms. The standard InChI is InChI=1S/C26H25N3O5/c1-16-11-20(17(2)29(16)22-8-5-18(6-9-22)26(31)32)12-21(14-27)25(30)28-15-19-7-10-23(33-3)13-24(19)34-4/h5-13H,15H2,1-4H3,(H,28,30)(H,31,32)/b21-12+. The molecule has 0 atom stereocenters. The predicted molar refractivity (Wildman–Crippen MR) is 127 cm³/mol. The van der Waals surface area contributed by atoms with Crippen LogP contribution in [0.1, 0.15) is 32.9 Å². The third-order valence-corrected chi connectivity index (χ3v) is 5.44. The summed E-state index contributed by atoms with van der Waals surface area (Å²) in [4.78, 5) is 23.8. The molecule has 0 unspecified atom stereocenters. The summed E-state index contributed by atoms with van der Waals surface area (Å²) in [6, 6.07) is 15.6. The van der Waals surface area contributed by atoms with Gasteiger partial charge in [0.25, 0.3) is 5.91 Å². The molecule has 2 aromatic carbocycles. The molecule has 3 aromatic rings. The Morgan fingerprint density at radius 3 is 2.38 bits per heavy atom. The van der Waals surface area contributed by atoms with Crippen molar-refractivity contribution in [1.82, 2.24) is 9.88 Å². The van der Waals surface area contributed by atoms with E-state index in [0.29, 0.717) is 17.1 Å². The number of methoxy groups -OCH3 is 2. The second-order valence-electron chi connectivity index (χ2n) is 7.54. The molecule has 1 amide bonds. The number of nitriles is 1. The smallest absolute Gasteiger partial charge is 0.335 e. The minimum absolute atomic E-state index is 0.0334. The molecule has 0 saturated heterocycles. The summed E-state index contributed by atoms with van der Waals surface area (Å²) in [5.74, 6) is -0.291. The van der Waals surface area contributed by atoms with Crippen molar-refractivity contribution >= 4 is 18.0 Å². The number of rotatable bonds is 8. The van der Waals surface area contributed by atoms with Crippen LogP contribution in [0.5, 0.6) is 11.5 Å². The molecule has 0 aliphatic carbocycles. The molecule has 1 aromatic heterocycles. The van der Waals surface area contributed by atoms with Crippen LogP contribution >= 0.6 is 0 Å². The van der Waals surface area contributed by atoms with Gasteiger partial charge < -0.3 is 24.5 Å². The number of carbonyl (C=O) groups excluding carboxylic acids is 1. The Kier molecular flexibility index (Phi) is 7.39. The van der Waals surface area contributed by atoms with Gasteiger partial charge in [0.2, 0.25) is 0 Å². The molecule has 8 nitrogen and oxygen atoms in total. The summed E-state index contributed by atoms with van der Waals surface area (Å²) in [7, 11) is 3.09. The largest absolute Gasteiger partial charge is 0.497 e. The number of amides is 1. The van der Waals surface area contributed by atoms with Crippen molar-refractivity contribution < 1.29 is 24.2 Å².